The molecule has 4 rings (SSSR count). The van der Waals surface area contributed by atoms with Gasteiger partial charge < -0.3 is 19.7 Å². The molecule has 34 heavy (non-hydrogen) atoms. The zero-order chi connectivity index (χ0) is 24.5. The summed E-state index contributed by atoms with van der Waals surface area (Å²) in [6, 6.07) is 13.7. The van der Waals surface area contributed by atoms with Crippen molar-refractivity contribution in [1.29, 1.82) is 0 Å². The first-order valence-electron chi connectivity index (χ1n) is 10.5. The van der Waals surface area contributed by atoms with E-state index < -0.39 is 29.5 Å². The van der Waals surface area contributed by atoms with Gasteiger partial charge in [0.1, 0.15) is 22.9 Å². The fourth-order valence-electron chi connectivity index (χ4n) is 3.49. The third-order valence-electron chi connectivity index (χ3n) is 5.72. The Bertz CT molecular complexity index is 1250. The van der Waals surface area contributed by atoms with E-state index in [0.29, 0.717) is 51.8 Å². The molecule has 1 unspecified atom stereocenters. The Labute approximate surface area is 200 Å². The first-order valence-corrected chi connectivity index (χ1v) is 10.9. The van der Waals surface area contributed by atoms with Crippen LogP contribution in [0.25, 0.3) is 11.3 Å². The second-order valence-corrected chi connectivity index (χ2v) is 8.49. The zero-order valence-corrected chi connectivity index (χ0v) is 19.2. The molecule has 1 heterocycles. The van der Waals surface area contributed by atoms with Crippen LogP contribution in [0.2, 0.25) is 5.02 Å². The summed E-state index contributed by atoms with van der Waals surface area (Å²) in [6.45, 7) is 3.39. The molecule has 1 aliphatic carbocycles. The number of benzene rings is 2. The molecule has 10 heteroatoms. The second kappa shape index (κ2) is 9.18. The first kappa shape index (κ1) is 23.3. The van der Waals surface area contributed by atoms with E-state index in [1.54, 1.807) is 62.4 Å². The highest BCUT2D eigenvalue weighted by molar-refractivity contribution is 6.31. The van der Waals surface area contributed by atoms with E-state index in [4.69, 9.17) is 20.9 Å². The zero-order valence-electron chi connectivity index (χ0n) is 18.4. The number of nitrogens with one attached hydrogen (secondary N) is 2. The number of anilines is 2. The van der Waals surface area contributed by atoms with Gasteiger partial charge in [-0.25, -0.2) is 4.79 Å². The molecule has 3 N–H and O–H groups in total. The van der Waals surface area contributed by atoms with Crippen molar-refractivity contribution in [3.8, 4) is 11.3 Å². The smallest absolute Gasteiger partial charge is 0.412 e. The van der Waals surface area contributed by atoms with Crippen LogP contribution in [0.5, 0.6) is 0 Å². The molecule has 2 amide bonds. The summed E-state index contributed by atoms with van der Waals surface area (Å²) in [5, 5.41) is 19.0. The molecular weight excluding hydrogens is 462 g/mol. The van der Waals surface area contributed by atoms with Crippen LogP contribution in [0.4, 0.5) is 16.2 Å². The van der Waals surface area contributed by atoms with Gasteiger partial charge in [-0.05, 0) is 57.0 Å². The van der Waals surface area contributed by atoms with Crippen LogP contribution in [0.15, 0.2) is 53.1 Å². The summed E-state index contributed by atoms with van der Waals surface area (Å²) in [6.07, 6.45) is -0.638. The Morgan fingerprint density at radius 3 is 2.41 bits per heavy atom. The van der Waals surface area contributed by atoms with Gasteiger partial charge >= 0.3 is 12.1 Å². The van der Waals surface area contributed by atoms with Crippen molar-refractivity contribution in [1.82, 2.24) is 5.16 Å². The molecule has 0 aliphatic heterocycles. The van der Waals surface area contributed by atoms with Crippen LogP contribution in [0.1, 0.15) is 37.1 Å². The second-order valence-electron chi connectivity index (χ2n) is 8.08. The summed E-state index contributed by atoms with van der Waals surface area (Å²) in [5.41, 5.74) is 1.17. The maximum Gasteiger partial charge on any atom is 0.412 e. The molecule has 1 atom stereocenters. The molecule has 3 aromatic rings. The summed E-state index contributed by atoms with van der Waals surface area (Å²) in [7, 11) is 0. The van der Waals surface area contributed by atoms with Gasteiger partial charge in [0.05, 0.1) is 0 Å². The van der Waals surface area contributed by atoms with Crippen molar-refractivity contribution in [2.24, 2.45) is 5.41 Å². The van der Waals surface area contributed by atoms with Gasteiger partial charge in [-0.3, -0.25) is 14.9 Å². The normalized spacial score (nSPS) is 14.7. The minimum atomic E-state index is -1.33. The van der Waals surface area contributed by atoms with Crippen LogP contribution in [-0.2, 0) is 14.3 Å². The maximum absolute atomic E-state index is 12.5. The Kier molecular flexibility index (Phi) is 6.30. The highest BCUT2D eigenvalue weighted by Gasteiger charge is 2.57. The van der Waals surface area contributed by atoms with Crippen LogP contribution < -0.4 is 10.6 Å². The topological polar surface area (TPSA) is 131 Å². The molecule has 2 aromatic carbocycles. The van der Waals surface area contributed by atoms with Crippen molar-refractivity contribution in [2.45, 2.75) is 32.8 Å². The number of aliphatic carboxylic acids is 1. The van der Waals surface area contributed by atoms with E-state index in [1.807, 2.05) is 0 Å². The van der Waals surface area contributed by atoms with Crippen LogP contribution >= 0.6 is 11.6 Å². The van der Waals surface area contributed by atoms with E-state index in [0.717, 1.165) is 0 Å². The lowest BCUT2D eigenvalue weighted by Crippen LogP contribution is -2.31. The average Bonchev–Trinajstić information content (AvgIpc) is 3.55. The third-order valence-corrected chi connectivity index (χ3v) is 6.06. The van der Waals surface area contributed by atoms with E-state index >= 15 is 0 Å². The number of nitrogens with zero attached hydrogens (tertiary/aromatic N) is 1. The number of halogens is 1. The Morgan fingerprint density at radius 1 is 1.12 bits per heavy atom. The average molecular weight is 484 g/mol. The minimum Gasteiger partial charge on any atom is -0.480 e. The standard InChI is InChI=1S/C24H22ClN3O6/c1-13-19(27-23(32)33-14(2)17-5-3-4-6-18(17)25)20(34-28-13)15-7-9-16(10-8-15)26-21(29)24(11-12-24)22(30)31/h3-10,14H,11-12H2,1-2H3,(H,26,29)(H,27,32)(H,30,31). The van der Waals surface area contributed by atoms with Crippen LogP contribution in [0.3, 0.4) is 0 Å². The molecule has 0 saturated heterocycles. The maximum atomic E-state index is 12.5. The molecule has 1 aromatic heterocycles. The molecule has 1 fully saturated rings. The van der Waals surface area contributed by atoms with Gasteiger partial charge in [-0.1, -0.05) is 35.0 Å². The van der Waals surface area contributed by atoms with Gasteiger partial charge in [0.15, 0.2) is 5.76 Å². The molecule has 176 valence electrons. The highest BCUT2D eigenvalue weighted by Crippen LogP contribution is 2.46. The van der Waals surface area contributed by atoms with Crippen molar-refractivity contribution in [2.75, 3.05) is 10.6 Å². The summed E-state index contributed by atoms with van der Waals surface area (Å²) in [4.78, 5) is 36.1. The molecule has 0 spiro atoms. The monoisotopic (exact) mass is 483 g/mol. The van der Waals surface area contributed by atoms with Crippen LogP contribution in [-0.4, -0.2) is 28.2 Å². The molecule has 0 bridgehead atoms. The summed E-state index contributed by atoms with van der Waals surface area (Å²) >= 11 is 6.17. The van der Waals surface area contributed by atoms with Gasteiger partial charge in [-0.15, -0.1) is 0 Å². The predicted octanol–water partition coefficient (Wildman–Crippen LogP) is 5.42. The van der Waals surface area contributed by atoms with E-state index in [9.17, 15) is 19.5 Å². The lowest BCUT2D eigenvalue weighted by molar-refractivity contribution is -0.147. The predicted molar refractivity (Wildman–Crippen MR) is 125 cm³/mol. The Balaban J connectivity index is 1.45. The highest BCUT2D eigenvalue weighted by atomic mass is 35.5. The lowest BCUT2D eigenvalue weighted by atomic mass is 10.1. The van der Waals surface area contributed by atoms with Crippen molar-refractivity contribution < 1.29 is 28.8 Å². The molecule has 1 saturated carbocycles. The minimum absolute atomic E-state index is 0.307. The van der Waals surface area contributed by atoms with Gasteiger partial charge in [0.25, 0.3) is 0 Å². The fraction of sp³-hybridized carbons (Fsp3) is 0.250. The largest absolute Gasteiger partial charge is 0.480 e. The molecule has 1 aliphatic rings. The number of rotatable bonds is 7. The number of hydrogen-bond acceptors (Lipinski definition) is 6. The fourth-order valence-corrected chi connectivity index (χ4v) is 3.78. The number of carbonyl (C=O) groups excluding carboxylic acids is 2. The summed E-state index contributed by atoms with van der Waals surface area (Å²) < 4.78 is 10.9. The van der Waals surface area contributed by atoms with Crippen molar-refractivity contribution in [3.63, 3.8) is 0 Å². The SMILES string of the molecule is Cc1noc(-c2ccc(NC(=O)C3(C(=O)O)CC3)cc2)c1NC(=O)OC(C)c1ccccc1Cl. The first-order chi connectivity index (χ1) is 16.2. The molecule has 9 nitrogen and oxygen atoms in total. The van der Waals surface area contributed by atoms with Gasteiger partial charge in [-0.2, -0.15) is 0 Å². The lowest BCUT2D eigenvalue weighted by Gasteiger charge is -2.15. The van der Waals surface area contributed by atoms with Crippen LogP contribution in [0, 0.1) is 12.3 Å². The number of aryl methyl sites for hydroxylation is 1. The molecule has 0 radical (unpaired) electrons. The van der Waals surface area contributed by atoms with Gasteiger partial charge in [0.2, 0.25) is 5.91 Å². The van der Waals surface area contributed by atoms with Crippen molar-refractivity contribution >= 4 is 40.9 Å². The number of aromatic nitrogens is 1. The number of carboxylic acids is 1. The van der Waals surface area contributed by atoms with E-state index in [2.05, 4.69) is 15.8 Å². The summed E-state index contributed by atoms with van der Waals surface area (Å²) in [5.74, 6) is -1.35. The van der Waals surface area contributed by atoms with E-state index in [1.165, 1.54) is 0 Å². The number of carboxylic acid groups (broad SMARTS) is 1. The van der Waals surface area contributed by atoms with E-state index in [-0.39, 0.29) is 0 Å². The van der Waals surface area contributed by atoms with Gasteiger partial charge in [0, 0.05) is 21.8 Å². The Hall–Kier alpha value is -3.85. The quantitative estimate of drug-likeness (QED) is 0.382. The third kappa shape index (κ3) is 4.60. The number of ether oxygens (including phenoxy) is 1. The molecular formula is C24H22ClN3O6. The number of hydrogen-bond donors (Lipinski definition) is 3. The number of amides is 2. The number of carbonyl (C=O) groups is 3. The van der Waals surface area contributed by atoms with Crippen molar-refractivity contribution in [3.05, 3.63) is 64.8 Å². The Morgan fingerprint density at radius 2 is 1.79 bits per heavy atom.